The predicted octanol–water partition coefficient (Wildman–Crippen LogP) is 1.99. The minimum absolute atomic E-state index is 0.0879. The van der Waals surface area contributed by atoms with E-state index in [4.69, 9.17) is 5.73 Å². The molecule has 0 aliphatic rings. The van der Waals surface area contributed by atoms with E-state index in [9.17, 15) is 0 Å². The van der Waals surface area contributed by atoms with Crippen LogP contribution in [0.25, 0.3) is 0 Å². The Hall–Kier alpha value is -0.750. The topological polar surface area (TPSA) is 50.9 Å². The van der Waals surface area contributed by atoms with E-state index in [-0.39, 0.29) is 6.04 Å². The van der Waals surface area contributed by atoms with Crippen LogP contribution in [0.1, 0.15) is 15.9 Å². The molecule has 2 aromatic rings. The van der Waals surface area contributed by atoms with Gasteiger partial charge in [-0.25, -0.2) is 4.98 Å². The lowest BCUT2D eigenvalue weighted by molar-refractivity contribution is 0.603. The quantitative estimate of drug-likeness (QED) is 0.839. The van der Waals surface area contributed by atoms with Crippen LogP contribution in [0.4, 0.5) is 0 Å². The molecule has 3 nitrogen and oxygen atoms in total. The van der Waals surface area contributed by atoms with Crippen LogP contribution in [0.5, 0.6) is 0 Å². The number of thiophene rings is 1. The van der Waals surface area contributed by atoms with Crippen molar-refractivity contribution in [3.8, 4) is 0 Å². The molecular formula is C10H13N3S2. The molecule has 0 spiro atoms. The van der Waals surface area contributed by atoms with Gasteiger partial charge in [-0.3, -0.25) is 0 Å². The largest absolute Gasteiger partial charge is 0.322 e. The summed E-state index contributed by atoms with van der Waals surface area (Å²) in [5, 5.41) is 8.44. The van der Waals surface area contributed by atoms with E-state index in [0.717, 1.165) is 18.1 Å². The van der Waals surface area contributed by atoms with Crippen molar-refractivity contribution in [1.29, 1.82) is 0 Å². The van der Waals surface area contributed by atoms with Gasteiger partial charge in [-0.15, -0.1) is 22.7 Å². The van der Waals surface area contributed by atoms with Crippen LogP contribution in [-0.2, 0) is 6.54 Å². The Morgan fingerprint density at radius 3 is 3.00 bits per heavy atom. The Bertz CT molecular complexity index is 369. The molecule has 0 saturated heterocycles. The Morgan fingerprint density at radius 2 is 2.33 bits per heavy atom. The summed E-state index contributed by atoms with van der Waals surface area (Å²) in [4.78, 5) is 5.42. The molecule has 0 amide bonds. The lowest BCUT2D eigenvalue weighted by Crippen LogP contribution is -2.25. The van der Waals surface area contributed by atoms with E-state index in [1.54, 1.807) is 22.7 Å². The van der Waals surface area contributed by atoms with Gasteiger partial charge in [0.15, 0.2) is 0 Å². The highest BCUT2D eigenvalue weighted by Crippen LogP contribution is 2.15. The van der Waals surface area contributed by atoms with Crippen molar-refractivity contribution in [2.45, 2.75) is 12.6 Å². The molecule has 1 atom stereocenters. The number of aromatic nitrogens is 1. The van der Waals surface area contributed by atoms with Gasteiger partial charge in [-0.2, -0.15) is 0 Å². The van der Waals surface area contributed by atoms with Gasteiger partial charge in [-0.1, -0.05) is 6.07 Å². The Labute approximate surface area is 97.0 Å². The molecule has 0 fully saturated rings. The number of hydrogen-bond donors (Lipinski definition) is 2. The summed E-state index contributed by atoms with van der Waals surface area (Å²) in [6.45, 7) is 1.59. The molecule has 3 N–H and O–H groups in total. The van der Waals surface area contributed by atoms with Crippen LogP contribution in [-0.4, -0.2) is 11.5 Å². The van der Waals surface area contributed by atoms with Crippen molar-refractivity contribution < 1.29 is 0 Å². The fraction of sp³-hybridized carbons (Fsp3) is 0.300. The van der Waals surface area contributed by atoms with Crippen molar-refractivity contribution in [2.75, 3.05) is 6.54 Å². The molecule has 0 aliphatic heterocycles. The summed E-state index contributed by atoms with van der Waals surface area (Å²) in [7, 11) is 0. The number of rotatable bonds is 5. The lowest BCUT2D eigenvalue weighted by atomic mass is 10.2. The van der Waals surface area contributed by atoms with Crippen molar-refractivity contribution in [3.05, 3.63) is 39.0 Å². The summed E-state index contributed by atoms with van der Waals surface area (Å²) in [6.07, 6.45) is 1.82. The number of nitrogens with one attached hydrogen (secondary N) is 1. The van der Waals surface area contributed by atoms with E-state index < -0.39 is 0 Å². The Morgan fingerprint density at radius 1 is 1.40 bits per heavy atom. The fourth-order valence-corrected chi connectivity index (χ4v) is 2.59. The molecule has 0 aromatic carbocycles. The Balaban J connectivity index is 1.74. The molecule has 2 rings (SSSR count). The fourth-order valence-electron chi connectivity index (χ4n) is 1.28. The first-order valence-electron chi connectivity index (χ1n) is 4.74. The second-order valence-corrected chi connectivity index (χ2v) is 5.14. The maximum atomic E-state index is 6.01. The van der Waals surface area contributed by atoms with E-state index in [2.05, 4.69) is 21.7 Å². The summed E-state index contributed by atoms with van der Waals surface area (Å²) in [5.41, 5.74) is 6.01. The van der Waals surface area contributed by atoms with E-state index in [1.165, 1.54) is 4.88 Å². The highest BCUT2D eigenvalue weighted by atomic mass is 32.1. The van der Waals surface area contributed by atoms with E-state index >= 15 is 0 Å². The Kier molecular flexibility index (Phi) is 3.85. The molecule has 2 heterocycles. The highest BCUT2D eigenvalue weighted by molar-refractivity contribution is 7.10. The highest BCUT2D eigenvalue weighted by Gasteiger charge is 2.06. The first-order valence-corrected chi connectivity index (χ1v) is 6.50. The number of thiazole rings is 1. The third kappa shape index (κ3) is 3.10. The molecule has 0 aliphatic carbocycles. The molecule has 2 aromatic heterocycles. The molecule has 15 heavy (non-hydrogen) atoms. The van der Waals surface area contributed by atoms with Gasteiger partial charge in [0.1, 0.15) is 5.01 Å². The molecule has 0 bridgehead atoms. The maximum absolute atomic E-state index is 6.01. The minimum Gasteiger partial charge on any atom is -0.322 e. The normalized spacial score (nSPS) is 12.9. The molecular weight excluding hydrogens is 226 g/mol. The van der Waals surface area contributed by atoms with Crippen LogP contribution >= 0.6 is 22.7 Å². The number of nitrogens with zero attached hydrogens (tertiary/aromatic N) is 1. The SMILES string of the molecule is NC(CNCc1nccs1)c1cccs1. The van der Waals surface area contributed by atoms with Crippen LogP contribution < -0.4 is 11.1 Å². The monoisotopic (exact) mass is 239 g/mol. The molecule has 80 valence electrons. The first kappa shape index (κ1) is 10.8. The van der Waals surface area contributed by atoms with Gasteiger partial charge in [-0.05, 0) is 11.4 Å². The summed E-state index contributed by atoms with van der Waals surface area (Å²) in [6, 6.07) is 4.19. The third-order valence-electron chi connectivity index (χ3n) is 2.03. The number of nitrogens with two attached hydrogens (primary N) is 1. The van der Waals surface area contributed by atoms with Gasteiger partial charge in [0.2, 0.25) is 0 Å². The summed E-state index contributed by atoms with van der Waals surface area (Å²) in [5.74, 6) is 0. The maximum Gasteiger partial charge on any atom is 0.106 e. The minimum atomic E-state index is 0.0879. The van der Waals surface area contributed by atoms with Crippen LogP contribution in [0.3, 0.4) is 0 Å². The average Bonchev–Trinajstić information content (AvgIpc) is 2.90. The van der Waals surface area contributed by atoms with Crippen LogP contribution in [0, 0.1) is 0 Å². The van der Waals surface area contributed by atoms with Crippen LogP contribution in [0.2, 0.25) is 0 Å². The zero-order valence-electron chi connectivity index (χ0n) is 8.22. The smallest absolute Gasteiger partial charge is 0.106 e. The van der Waals surface area contributed by atoms with Crippen molar-refractivity contribution in [2.24, 2.45) is 5.73 Å². The third-order valence-corrected chi connectivity index (χ3v) is 3.82. The summed E-state index contributed by atoms with van der Waals surface area (Å²) < 4.78 is 0. The first-order chi connectivity index (χ1) is 7.36. The zero-order chi connectivity index (χ0) is 10.5. The van der Waals surface area contributed by atoms with Gasteiger partial charge in [0, 0.05) is 29.5 Å². The lowest BCUT2D eigenvalue weighted by Gasteiger charge is -2.09. The van der Waals surface area contributed by atoms with Gasteiger partial charge < -0.3 is 11.1 Å². The molecule has 0 saturated carbocycles. The zero-order valence-corrected chi connectivity index (χ0v) is 9.85. The second kappa shape index (κ2) is 5.37. The van der Waals surface area contributed by atoms with Crippen molar-refractivity contribution in [3.63, 3.8) is 0 Å². The molecule has 1 unspecified atom stereocenters. The summed E-state index contributed by atoms with van der Waals surface area (Å²) >= 11 is 3.36. The van der Waals surface area contributed by atoms with Gasteiger partial charge in [0.25, 0.3) is 0 Å². The molecule has 0 radical (unpaired) electrons. The van der Waals surface area contributed by atoms with Crippen LogP contribution in [0.15, 0.2) is 29.1 Å². The number of hydrogen-bond acceptors (Lipinski definition) is 5. The van der Waals surface area contributed by atoms with Crippen molar-refractivity contribution >= 4 is 22.7 Å². The predicted molar refractivity (Wildman–Crippen MR) is 65.1 cm³/mol. The second-order valence-electron chi connectivity index (χ2n) is 3.18. The average molecular weight is 239 g/mol. The van der Waals surface area contributed by atoms with Crippen molar-refractivity contribution in [1.82, 2.24) is 10.3 Å². The van der Waals surface area contributed by atoms with E-state index in [0.29, 0.717) is 0 Å². The van der Waals surface area contributed by atoms with E-state index in [1.807, 2.05) is 17.6 Å². The molecule has 5 heteroatoms. The van der Waals surface area contributed by atoms with Gasteiger partial charge in [0.05, 0.1) is 6.04 Å². The standard InChI is InChI=1S/C10H13N3S2/c11-8(9-2-1-4-14-9)6-12-7-10-13-3-5-15-10/h1-5,8,12H,6-7,11H2. The van der Waals surface area contributed by atoms with Gasteiger partial charge >= 0.3 is 0 Å².